The maximum absolute atomic E-state index is 9.86. The summed E-state index contributed by atoms with van der Waals surface area (Å²) in [6, 6.07) is 11.5. The van der Waals surface area contributed by atoms with Crippen LogP contribution >= 0.6 is 23.2 Å². The van der Waals surface area contributed by atoms with Crippen LogP contribution in [0.15, 0.2) is 41.4 Å². The van der Waals surface area contributed by atoms with Crippen molar-refractivity contribution in [2.45, 2.75) is 13.1 Å². The van der Waals surface area contributed by atoms with Gasteiger partial charge < -0.3 is 10.0 Å². The topological polar surface area (TPSA) is 37.0 Å². The number of benzene rings is 2. The van der Waals surface area contributed by atoms with Gasteiger partial charge in [-0.3, -0.25) is 4.99 Å². The minimum atomic E-state index is -0.000812. The number of phenolic OH excluding ortho intramolecular Hbond substituents is 1. The highest BCUT2D eigenvalue weighted by Gasteiger charge is 2.05. The smallest absolute Gasteiger partial charge is 0.143 e. The van der Waals surface area contributed by atoms with Crippen LogP contribution < -0.4 is 4.90 Å². The molecule has 5 heteroatoms. The Kier molecular flexibility index (Phi) is 5.83. The lowest BCUT2D eigenvalue weighted by Gasteiger charge is -2.07. The fraction of sp³-hybridized carbons (Fsp3) is 0.235. The fourth-order valence-corrected chi connectivity index (χ4v) is 2.61. The molecule has 0 heterocycles. The van der Waals surface area contributed by atoms with Crippen LogP contribution in [-0.4, -0.2) is 25.4 Å². The van der Waals surface area contributed by atoms with Crippen LogP contribution in [0.5, 0.6) is 5.75 Å². The Morgan fingerprint density at radius 2 is 1.73 bits per heavy atom. The molecule has 0 fully saturated rings. The number of quaternary nitrogens is 1. The molecule has 2 N–H and O–H groups in total. The molecule has 0 saturated heterocycles. The highest BCUT2D eigenvalue weighted by Crippen LogP contribution is 2.30. The maximum atomic E-state index is 9.86. The zero-order chi connectivity index (χ0) is 16.1. The first kappa shape index (κ1) is 16.8. The van der Waals surface area contributed by atoms with E-state index in [0.29, 0.717) is 17.1 Å². The van der Waals surface area contributed by atoms with Crippen molar-refractivity contribution in [3.63, 3.8) is 0 Å². The number of phenols is 1. The van der Waals surface area contributed by atoms with E-state index in [1.807, 2.05) is 0 Å². The van der Waals surface area contributed by atoms with Gasteiger partial charge in [-0.05, 0) is 17.7 Å². The van der Waals surface area contributed by atoms with Gasteiger partial charge in [0.2, 0.25) is 0 Å². The summed E-state index contributed by atoms with van der Waals surface area (Å²) < 4.78 is 0. The molecule has 116 valence electrons. The predicted octanol–water partition coefficient (Wildman–Crippen LogP) is 2.96. The largest absolute Gasteiger partial charge is 0.506 e. The predicted molar refractivity (Wildman–Crippen MR) is 92.4 cm³/mol. The summed E-state index contributed by atoms with van der Waals surface area (Å²) in [5.41, 5.74) is 2.93. The van der Waals surface area contributed by atoms with Gasteiger partial charge in [0.25, 0.3) is 0 Å². The molecule has 0 saturated carbocycles. The third-order valence-corrected chi connectivity index (χ3v) is 3.65. The lowest BCUT2D eigenvalue weighted by molar-refractivity contribution is -0.872. The summed E-state index contributed by atoms with van der Waals surface area (Å²) in [5.74, 6) is -0.000812. The molecule has 0 bridgehead atoms. The van der Waals surface area contributed by atoms with Crippen molar-refractivity contribution in [3.05, 3.63) is 63.1 Å². The molecule has 0 spiro atoms. The van der Waals surface area contributed by atoms with Gasteiger partial charge >= 0.3 is 0 Å². The van der Waals surface area contributed by atoms with E-state index in [-0.39, 0.29) is 10.8 Å². The number of aliphatic imine (C=N–C) groups is 1. The van der Waals surface area contributed by atoms with Crippen molar-refractivity contribution in [2.75, 3.05) is 14.1 Å². The molecule has 3 nitrogen and oxygen atoms in total. The molecule has 2 rings (SSSR count). The van der Waals surface area contributed by atoms with Crippen molar-refractivity contribution >= 4 is 29.4 Å². The molecule has 0 aromatic heterocycles. The number of aromatic hydroxyl groups is 1. The van der Waals surface area contributed by atoms with Crippen molar-refractivity contribution in [1.29, 1.82) is 0 Å². The van der Waals surface area contributed by atoms with E-state index in [0.717, 1.165) is 12.1 Å². The SMILES string of the molecule is C[NH+](C)Cc1ccc(CN=Cc2cc(Cl)cc(Cl)c2O)cc1. The Morgan fingerprint density at radius 1 is 1.09 bits per heavy atom. The summed E-state index contributed by atoms with van der Waals surface area (Å²) in [4.78, 5) is 5.73. The lowest BCUT2D eigenvalue weighted by atomic mass is 10.1. The van der Waals surface area contributed by atoms with Gasteiger partial charge in [0.15, 0.2) is 0 Å². The normalized spacial score (nSPS) is 11.5. The van der Waals surface area contributed by atoms with Crippen LogP contribution in [0.2, 0.25) is 10.0 Å². The van der Waals surface area contributed by atoms with Crippen molar-refractivity contribution in [1.82, 2.24) is 0 Å². The lowest BCUT2D eigenvalue weighted by Crippen LogP contribution is -3.04. The first-order chi connectivity index (χ1) is 10.5. The van der Waals surface area contributed by atoms with Gasteiger partial charge in [-0.2, -0.15) is 0 Å². The van der Waals surface area contributed by atoms with E-state index in [9.17, 15) is 5.11 Å². The molecule has 0 aliphatic rings. The van der Waals surface area contributed by atoms with Gasteiger partial charge in [0, 0.05) is 22.4 Å². The summed E-state index contributed by atoms with van der Waals surface area (Å²) in [5, 5.41) is 10.6. The van der Waals surface area contributed by atoms with Crippen LogP contribution in [0.1, 0.15) is 16.7 Å². The molecular weight excluding hydrogens is 319 g/mol. The zero-order valence-corrected chi connectivity index (χ0v) is 14.1. The summed E-state index contributed by atoms with van der Waals surface area (Å²) in [6.07, 6.45) is 1.59. The van der Waals surface area contributed by atoms with Crippen molar-refractivity contribution in [2.24, 2.45) is 4.99 Å². The van der Waals surface area contributed by atoms with E-state index < -0.39 is 0 Å². The molecule has 0 atom stereocenters. The Morgan fingerprint density at radius 3 is 2.36 bits per heavy atom. The second kappa shape index (κ2) is 7.63. The van der Waals surface area contributed by atoms with Crippen molar-refractivity contribution in [3.8, 4) is 5.75 Å². The Labute approximate surface area is 140 Å². The average Bonchev–Trinajstić information content (AvgIpc) is 2.45. The highest BCUT2D eigenvalue weighted by molar-refractivity contribution is 6.36. The fourth-order valence-electron chi connectivity index (χ4n) is 2.10. The first-order valence-corrected chi connectivity index (χ1v) is 7.76. The third kappa shape index (κ3) is 4.73. The molecular formula is C17H19Cl2N2O+. The Bertz CT molecular complexity index is 667. The number of halogens is 2. The number of hydrogen-bond donors (Lipinski definition) is 2. The molecule has 0 amide bonds. The van der Waals surface area contributed by atoms with Crippen LogP contribution in [0.25, 0.3) is 0 Å². The number of rotatable bonds is 5. The summed E-state index contributed by atoms with van der Waals surface area (Å²) >= 11 is 11.8. The van der Waals surface area contributed by atoms with Crippen LogP contribution in [-0.2, 0) is 13.1 Å². The van der Waals surface area contributed by atoms with Gasteiger partial charge in [-0.15, -0.1) is 0 Å². The molecule has 2 aromatic carbocycles. The summed E-state index contributed by atoms with van der Waals surface area (Å²) in [6.45, 7) is 1.54. The minimum absolute atomic E-state index is 0.000812. The number of nitrogens with zero attached hydrogens (tertiary/aromatic N) is 1. The minimum Gasteiger partial charge on any atom is -0.506 e. The van der Waals surface area contributed by atoms with Gasteiger partial charge in [0.05, 0.1) is 25.7 Å². The maximum Gasteiger partial charge on any atom is 0.143 e. The van der Waals surface area contributed by atoms with E-state index in [2.05, 4.69) is 43.4 Å². The van der Waals surface area contributed by atoms with E-state index in [4.69, 9.17) is 23.2 Å². The zero-order valence-electron chi connectivity index (χ0n) is 12.6. The van der Waals surface area contributed by atoms with Crippen LogP contribution in [0.4, 0.5) is 0 Å². The third-order valence-electron chi connectivity index (χ3n) is 3.14. The van der Waals surface area contributed by atoms with Gasteiger partial charge in [-0.25, -0.2) is 0 Å². The van der Waals surface area contributed by atoms with Gasteiger partial charge in [-0.1, -0.05) is 47.5 Å². The van der Waals surface area contributed by atoms with Crippen LogP contribution in [0.3, 0.4) is 0 Å². The first-order valence-electron chi connectivity index (χ1n) is 7.00. The number of nitrogens with one attached hydrogen (secondary N) is 1. The monoisotopic (exact) mass is 337 g/mol. The molecule has 2 aromatic rings. The van der Waals surface area contributed by atoms with E-state index in [1.165, 1.54) is 16.5 Å². The highest BCUT2D eigenvalue weighted by atomic mass is 35.5. The second-order valence-corrected chi connectivity index (χ2v) is 6.34. The van der Waals surface area contributed by atoms with Gasteiger partial charge in [0.1, 0.15) is 12.3 Å². The quantitative estimate of drug-likeness (QED) is 0.808. The number of hydrogen-bond acceptors (Lipinski definition) is 2. The summed E-state index contributed by atoms with van der Waals surface area (Å²) in [7, 11) is 4.25. The molecule has 0 radical (unpaired) electrons. The van der Waals surface area contributed by atoms with E-state index >= 15 is 0 Å². The Hall–Kier alpha value is -1.55. The average molecular weight is 338 g/mol. The molecule has 0 aliphatic heterocycles. The van der Waals surface area contributed by atoms with Crippen molar-refractivity contribution < 1.29 is 10.0 Å². The van der Waals surface area contributed by atoms with Crippen LogP contribution in [0, 0.1) is 0 Å². The Balaban J connectivity index is 2.03. The standard InChI is InChI=1S/C17H18Cl2N2O/c1-21(2)11-13-5-3-12(4-6-13)9-20-10-14-7-15(18)8-16(19)17(14)22/h3-8,10,22H,9,11H2,1-2H3/p+1. The molecule has 22 heavy (non-hydrogen) atoms. The molecule has 0 unspecified atom stereocenters. The van der Waals surface area contributed by atoms with E-state index in [1.54, 1.807) is 12.3 Å². The second-order valence-electron chi connectivity index (χ2n) is 5.50. The molecule has 0 aliphatic carbocycles.